The molecule has 428 valence electrons. The number of fused-ring (bicyclic) bond motifs is 3. The van der Waals surface area contributed by atoms with Crippen LogP contribution in [0.15, 0.2) is 35.4 Å². The van der Waals surface area contributed by atoms with Crippen LogP contribution < -0.4 is 36.6 Å². The van der Waals surface area contributed by atoms with Crippen molar-refractivity contribution >= 4 is 50.9 Å². The first kappa shape index (κ1) is 61.1. The molecular weight excluding hydrogens is 1050 g/mol. The highest BCUT2D eigenvalue weighted by Gasteiger charge is 2.41. The maximum Gasteiger partial charge on any atom is 0.269 e. The molecule has 3 aromatic rings. The standard InChI is InChI=1S/C42H48N8O12S.C11H21NO4/c1-22(49-31(52)21-48-30(51)13-18-47-41(59)28-12-10-24(20-43)42(50-28)63(3,60)61)39(57)45-16-5-14-44-15-6-17-46-40(58)23-9-11-25-27(19-23)37(55)33-34(35(25)53)38(56)32-26(36(33)54)7-4-8-29(32)62-2;1-8-11(13)9(3-5-15-8)12-4-6-16-10(7-12)14-2/h4,7-8,10,12,22-23,44,53,55H,5-6,9,11,13-19,21H2,1-3H3,(H,45,57)(H,46,58)(H,47,59)(H,48,51)(H,49,52);8-11,13H,3-7H2,1-2H3. The third-order valence-electron chi connectivity index (χ3n) is 13.9. The Labute approximate surface area is 457 Å². The molecule has 2 aliphatic heterocycles. The molecule has 26 heteroatoms. The van der Waals surface area contributed by atoms with Crippen LogP contribution in [0.2, 0.25) is 0 Å². The van der Waals surface area contributed by atoms with Crippen LogP contribution in [0.1, 0.15) is 105 Å². The number of carbonyl (C=O) groups is 7. The first-order valence-corrected chi connectivity index (χ1v) is 27.8. The number of sulfone groups is 1. The van der Waals surface area contributed by atoms with E-state index in [0.717, 1.165) is 38.4 Å². The number of aromatic hydroxyl groups is 2. The highest BCUT2D eigenvalue weighted by atomic mass is 32.2. The molecule has 2 aliphatic carbocycles. The van der Waals surface area contributed by atoms with Gasteiger partial charge < -0.3 is 66.2 Å². The average molecular weight is 1120 g/mol. The number of nitrogens with one attached hydrogen (secondary N) is 6. The van der Waals surface area contributed by atoms with Crippen LogP contribution >= 0.6 is 0 Å². The number of morpholine rings is 1. The maximum absolute atomic E-state index is 13.5. The molecule has 0 spiro atoms. The number of carbonyl (C=O) groups excluding carboxylic acids is 7. The van der Waals surface area contributed by atoms with Gasteiger partial charge in [-0.3, -0.25) is 38.5 Å². The predicted molar refractivity (Wildman–Crippen MR) is 281 cm³/mol. The van der Waals surface area contributed by atoms with Gasteiger partial charge in [0.15, 0.2) is 26.9 Å². The summed E-state index contributed by atoms with van der Waals surface area (Å²) in [5.41, 5.74) is -0.314. The van der Waals surface area contributed by atoms with E-state index in [0.29, 0.717) is 57.6 Å². The number of aliphatic hydroxyl groups excluding tert-OH is 1. The number of hydrogen-bond acceptors (Lipinski definition) is 20. The number of rotatable bonds is 21. The van der Waals surface area contributed by atoms with Crippen molar-refractivity contribution in [3.8, 4) is 23.3 Å². The van der Waals surface area contributed by atoms with Gasteiger partial charge in [-0.2, -0.15) is 5.26 Å². The van der Waals surface area contributed by atoms with Gasteiger partial charge in [0.25, 0.3) is 5.91 Å². The molecule has 25 nitrogen and oxygen atoms in total. The van der Waals surface area contributed by atoms with Gasteiger partial charge in [-0.25, -0.2) is 13.4 Å². The molecule has 5 amide bonds. The molecule has 6 atom stereocenters. The van der Waals surface area contributed by atoms with Crippen molar-refractivity contribution in [1.82, 2.24) is 41.8 Å². The first-order chi connectivity index (χ1) is 37.7. The molecule has 2 aromatic carbocycles. The molecule has 0 radical (unpaired) electrons. The van der Waals surface area contributed by atoms with Gasteiger partial charge >= 0.3 is 0 Å². The minimum atomic E-state index is -3.87. The molecule has 79 heavy (non-hydrogen) atoms. The molecule has 0 bridgehead atoms. The Balaban J connectivity index is 0.000000535. The fourth-order valence-electron chi connectivity index (χ4n) is 9.68. The Morgan fingerprint density at radius 1 is 0.873 bits per heavy atom. The first-order valence-electron chi connectivity index (χ1n) is 26.0. The normalized spacial score (nSPS) is 20.1. The lowest BCUT2D eigenvalue weighted by atomic mass is 9.75. The Morgan fingerprint density at radius 3 is 2.28 bits per heavy atom. The molecule has 0 saturated carbocycles. The van der Waals surface area contributed by atoms with E-state index in [1.54, 1.807) is 25.3 Å². The van der Waals surface area contributed by atoms with E-state index < -0.39 is 80.4 Å². The van der Waals surface area contributed by atoms with Crippen molar-refractivity contribution in [2.24, 2.45) is 5.92 Å². The number of phenols is 2. The average Bonchev–Trinajstić information content (AvgIpc) is 3.48. The van der Waals surface area contributed by atoms with Crippen LogP contribution in [0.25, 0.3) is 0 Å². The van der Waals surface area contributed by atoms with Crippen LogP contribution in [-0.4, -0.2) is 191 Å². The number of benzene rings is 2. The number of hydrogen-bond donors (Lipinski definition) is 9. The summed E-state index contributed by atoms with van der Waals surface area (Å²) in [5, 5.41) is 57.2. The molecule has 1 aromatic heterocycles. The Hall–Kier alpha value is -7.12. The van der Waals surface area contributed by atoms with E-state index in [4.69, 9.17) is 24.2 Å². The van der Waals surface area contributed by atoms with E-state index in [1.807, 2.05) is 6.92 Å². The summed E-state index contributed by atoms with van der Waals surface area (Å²) in [7, 11) is -0.851. The number of phenolic OH excluding ortho intramolecular Hbond substituents is 2. The number of amides is 5. The third-order valence-corrected chi connectivity index (χ3v) is 15.0. The molecule has 3 heterocycles. The molecular formula is C53H69N9O16S. The summed E-state index contributed by atoms with van der Waals surface area (Å²) >= 11 is 0. The number of methoxy groups -OCH3 is 2. The van der Waals surface area contributed by atoms with Gasteiger partial charge in [-0.05, 0) is 83.7 Å². The summed E-state index contributed by atoms with van der Waals surface area (Å²) in [4.78, 5) is 95.3. The summed E-state index contributed by atoms with van der Waals surface area (Å²) in [5.74, 6) is -4.99. The number of pyridine rings is 1. The Kier molecular flexibility index (Phi) is 21.8. The van der Waals surface area contributed by atoms with Crippen molar-refractivity contribution in [2.75, 3.05) is 86.0 Å². The van der Waals surface area contributed by atoms with Crippen molar-refractivity contribution < 1.29 is 76.2 Å². The smallest absolute Gasteiger partial charge is 0.269 e. The largest absolute Gasteiger partial charge is 0.507 e. The van der Waals surface area contributed by atoms with E-state index in [2.05, 4.69) is 41.8 Å². The zero-order valence-electron chi connectivity index (χ0n) is 44.8. The fourth-order valence-corrected chi connectivity index (χ4v) is 10.5. The van der Waals surface area contributed by atoms with Gasteiger partial charge in [0.2, 0.25) is 29.4 Å². The third kappa shape index (κ3) is 15.4. The summed E-state index contributed by atoms with van der Waals surface area (Å²) in [6, 6.07) is 7.87. The summed E-state index contributed by atoms with van der Waals surface area (Å²) in [6.07, 6.45) is 2.68. The lowest BCUT2D eigenvalue weighted by molar-refractivity contribution is -0.190. The predicted octanol–water partition coefficient (Wildman–Crippen LogP) is -0.471. The number of nitrogens with zero attached hydrogens (tertiary/aromatic N) is 3. The monoisotopic (exact) mass is 1120 g/mol. The topological polar surface area (TPSA) is 363 Å². The van der Waals surface area contributed by atoms with Gasteiger partial charge in [-0.1, -0.05) is 12.1 Å². The van der Waals surface area contributed by atoms with E-state index >= 15 is 0 Å². The van der Waals surface area contributed by atoms with E-state index in [9.17, 15) is 57.3 Å². The molecule has 4 aliphatic rings. The number of aliphatic hydroxyl groups is 1. The molecule has 2 saturated heterocycles. The molecule has 6 unspecified atom stereocenters. The Morgan fingerprint density at radius 2 is 1.58 bits per heavy atom. The van der Waals surface area contributed by atoms with Crippen molar-refractivity contribution in [1.29, 1.82) is 5.26 Å². The highest BCUT2D eigenvalue weighted by molar-refractivity contribution is 7.90. The maximum atomic E-state index is 13.5. The second-order valence-corrected chi connectivity index (χ2v) is 21.3. The number of nitriles is 1. The number of aromatic nitrogens is 1. The number of ether oxygens (including phenoxy) is 4. The van der Waals surface area contributed by atoms with Gasteiger partial charge in [0, 0.05) is 87.8 Å². The van der Waals surface area contributed by atoms with Crippen molar-refractivity contribution in [2.45, 2.75) is 94.4 Å². The number of ketones is 2. The summed E-state index contributed by atoms with van der Waals surface area (Å²) < 4.78 is 45.1. The van der Waals surface area contributed by atoms with Crippen LogP contribution in [-0.2, 0) is 56.1 Å². The molecule has 2 fully saturated rings. The lowest BCUT2D eigenvalue weighted by Crippen LogP contribution is -2.57. The van der Waals surface area contributed by atoms with Gasteiger partial charge in [0.05, 0.1) is 54.7 Å². The fraction of sp³-hybridized carbons (Fsp3) is 0.528. The minimum absolute atomic E-state index is 0.0253. The molecule has 9 N–H and O–H groups in total. The highest BCUT2D eigenvalue weighted by Crippen LogP contribution is 2.47. The van der Waals surface area contributed by atoms with E-state index in [1.165, 1.54) is 26.2 Å². The van der Waals surface area contributed by atoms with Crippen molar-refractivity contribution in [3.63, 3.8) is 0 Å². The molecule has 7 rings (SSSR count). The van der Waals surface area contributed by atoms with Crippen LogP contribution in [0.3, 0.4) is 0 Å². The minimum Gasteiger partial charge on any atom is -0.507 e. The summed E-state index contributed by atoms with van der Waals surface area (Å²) in [6.45, 7) is 7.58. The SMILES string of the molecule is COC1CN(C2CCOC(C)C2O)CCO1.COc1cccc2c1C(=O)c1c(O)c3c(c(O)c1C2=O)CC(C(=O)NCCCNCCCNC(=O)C(C)NC(=O)CNC(=O)CCNC(=O)c1ccc(C#N)c(S(C)(=O)=O)n1)CC3. The van der Waals surface area contributed by atoms with Gasteiger partial charge in [0.1, 0.15) is 35.1 Å². The van der Waals surface area contributed by atoms with Gasteiger partial charge in [-0.15, -0.1) is 0 Å². The zero-order valence-corrected chi connectivity index (χ0v) is 45.6. The second-order valence-electron chi connectivity index (χ2n) is 19.4. The van der Waals surface area contributed by atoms with E-state index in [-0.39, 0.29) is 101 Å². The van der Waals surface area contributed by atoms with Crippen LogP contribution in [0, 0.1) is 17.2 Å². The zero-order chi connectivity index (χ0) is 57.6. The quantitative estimate of drug-likeness (QED) is 0.0376. The van der Waals surface area contributed by atoms with Crippen LogP contribution in [0.4, 0.5) is 0 Å². The lowest BCUT2D eigenvalue weighted by Gasteiger charge is -2.43. The Bertz CT molecular complexity index is 2930. The second kappa shape index (κ2) is 28.2. The van der Waals surface area contributed by atoms with Crippen LogP contribution in [0.5, 0.6) is 17.2 Å². The van der Waals surface area contributed by atoms with Crippen molar-refractivity contribution in [3.05, 3.63) is 75.0 Å².